The van der Waals surface area contributed by atoms with Crippen LogP contribution in [0.1, 0.15) is 31.9 Å². The quantitative estimate of drug-likeness (QED) is 0.541. The zero-order valence-electron chi connectivity index (χ0n) is 17.8. The topological polar surface area (TPSA) is 53.7 Å². The Labute approximate surface area is 173 Å². The standard InChI is InChI=1S/C25H31NO3/c1-25(2,3)22-17-19(27-4)10-12-24(22)29-16-15-28-23-11-9-18-7-5-6-8-20(18)21(23)13-14-26/h5-12,17H,13-16,26H2,1-4H3. The maximum Gasteiger partial charge on any atom is 0.123 e. The molecule has 0 aromatic heterocycles. The van der Waals surface area contributed by atoms with Gasteiger partial charge in [0.2, 0.25) is 0 Å². The van der Waals surface area contributed by atoms with Gasteiger partial charge in [-0.05, 0) is 53.4 Å². The summed E-state index contributed by atoms with van der Waals surface area (Å²) in [5.74, 6) is 2.58. The molecule has 0 fully saturated rings. The van der Waals surface area contributed by atoms with Crippen LogP contribution in [0.2, 0.25) is 0 Å². The number of nitrogens with two attached hydrogens (primary N) is 1. The molecule has 0 aliphatic carbocycles. The van der Waals surface area contributed by atoms with E-state index in [2.05, 4.69) is 39.0 Å². The van der Waals surface area contributed by atoms with E-state index < -0.39 is 0 Å². The fourth-order valence-corrected chi connectivity index (χ4v) is 3.50. The monoisotopic (exact) mass is 393 g/mol. The first kappa shape index (κ1) is 21.0. The predicted molar refractivity (Wildman–Crippen MR) is 119 cm³/mol. The molecule has 154 valence electrons. The largest absolute Gasteiger partial charge is 0.497 e. The molecule has 0 radical (unpaired) electrons. The van der Waals surface area contributed by atoms with Crippen molar-refractivity contribution in [3.63, 3.8) is 0 Å². The number of fused-ring (bicyclic) bond motifs is 1. The smallest absolute Gasteiger partial charge is 0.123 e. The summed E-state index contributed by atoms with van der Waals surface area (Å²) in [6.07, 6.45) is 0.782. The van der Waals surface area contributed by atoms with Crippen LogP contribution in [0.15, 0.2) is 54.6 Å². The van der Waals surface area contributed by atoms with Crippen molar-refractivity contribution in [1.29, 1.82) is 0 Å². The number of hydrogen-bond acceptors (Lipinski definition) is 4. The second kappa shape index (κ2) is 9.19. The van der Waals surface area contributed by atoms with Crippen molar-refractivity contribution in [3.05, 3.63) is 65.7 Å². The first-order valence-electron chi connectivity index (χ1n) is 10.1. The molecule has 2 N–H and O–H groups in total. The third-order valence-corrected chi connectivity index (χ3v) is 4.99. The molecule has 0 unspecified atom stereocenters. The van der Waals surface area contributed by atoms with E-state index >= 15 is 0 Å². The highest BCUT2D eigenvalue weighted by molar-refractivity contribution is 5.87. The molecule has 0 bridgehead atoms. The van der Waals surface area contributed by atoms with Crippen LogP contribution in [0.4, 0.5) is 0 Å². The molecule has 4 heteroatoms. The highest BCUT2D eigenvalue weighted by Gasteiger charge is 2.20. The lowest BCUT2D eigenvalue weighted by Crippen LogP contribution is -2.16. The van der Waals surface area contributed by atoms with E-state index in [1.54, 1.807) is 7.11 Å². The molecule has 0 aliphatic rings. The number of ether oxygens (including phenoxy) is 3. The van der Waals surface area contributed by atoms with Crippen LogP contribution >= 0.6 is 0 Å². The highest BCUT2D eigenvalue weighted by Crippen LogP contribution is 2.34. The minimum atomic E-state index is -0.0443. The van der Waals surface area contributed by atoms with Crippen LogP contribution in [0, 0.1) is 0 Å². The average molecular weight is 394 g/mol. The number of hydrogen-bond donors (Lipinski definition) is 1. The fourth-order valence-electron chi connectivity index (χ4n) is 3.50. The second-order valence-corrected chi connectivity index (χ2v) is 8.11. The Balaban J connectivity index is 1.71. The molecule has 0 saturated carbocycles. The molecule has 3 aromatic rings. The Morgan fingerprint density at radius 3 is 2.24 bits per heavy atom. The van der Waals surface area contributed by atoms with E-state index in [0.29, 0.717) is 19.8 Å². The summed E-state index contributed by atoms with van der Waals surface area (Å²) in [7, 11) is 1.68. The van der Waals surface area contributed by atoms with Crippen LogP contribution in [-0.4, -0.2) is 26.9 Å². The van der Waals surface area contributed by atoms with Crippen molar-refractivity contribution in [1.82, 2.24) is 0 Å². The Kier molecular flexibility index (Phi) is 6.65. The van der Waals surface area contributed by atoms with Gasteiger partial charge in [0.15, 0.2) is 0 Å². The second-order valence-electron chi connectivity index (χ2n) is 8.11. The molecule has 3 rings (SSSR count). The van der Waals surface area contributed by atoms with E-state index in [9.17, 15) is 0 Å². The molecule has 4 nitrogen and oxygen atoms in total. The van der Waals surface area contributed by atoms with Crippen LogP contribution in [0.3, 0.4) is 0 Å². The Hall–Kier alpha value is -2.72. The predicted octanol–water partition coefficient (Wildman–Crippen LogP) is 5.10. The van der Waals surface area contributed by atoms with Crippen LogP contribution in [0.25, 0.3) is 10.8 Å². The maximum atomic E-state index is 6.08. The molecule has 0 heterocycles. The Bertz CT molecular complexity index is 960. The maximum absolute atomic E-state index is 6.08. The van der Waals surface area contributed by atoms with Gasteiger partial charge in [-0.25, -0.2) is 0 Å². The number of rotatable bonds is 8. The zero-order chi connectivity index (χ0) is 20.9. The van der Waals surface area contributed by atoms with E-state index in [4.69, 9.17) is 19.9 Å². The molecule has 3 aromatic carbocycles. The minimum absolute atomic E-state index is 0.0443. The Morgan fingerprint density at radius 1 is 0.862 bits per heavy atom. The third-order valence-electron chi connectivity index (χ3n) is 4.99. The molecule has 0 spiro atoms. The lowest BCUT2D eigenvalue weighted by molar-refractivity contribution is 0.213. The molecule has 0 aliphatic heterocycles. The summed E-state index contributed by atoms with van der Waals surface area (Å²) < 4.78 is 17.5. The van der Waals surface area contributed by atoms with Gasteiger partial charge in [0, 0.05) is 11.1 Å². The third kappa shape index (κ3) is 5.01. The summed E-state index contributed by atoms with van der Waals surface area (Å²) in [5, 5.41) is 2.40. The van der Waals surface area contributed by atoms with Gasteiger partial charge in [0.1, 0.15) is 30.5 Å². The molecule has 0 saturated heterocycles. The molecular weight excluding hydrogens is 362 g/mol. The Morgan fingerprint density at radius 2 is 1.55 bits per heavy atom. The van der Waals surface area contributed by atoms with Gasteiger partial charge in [-0.1, -0.05) is 51.1 Å². The van der Waals surface area contributed by atoms with E-state index in [1.165, 1.54) is 10.8 Å². The van der Waals surface area contributed by atoms with Gasteiger partial charge in [-0.2, -0.15) is 0 Å². The van der Waals surface area contributed by atoms with Gasteiger partial charge in [0.05, 0.1) is 7.11 Å². The summed E-state index contributed by atoms with van der Waals surface area (Å²) in [6, 6.07) is 18.4. The van der Waals surface area contributed by atoms with Crippen LogP contribution in [0.5, 0.6) is 17.2 Å². The SMILES string of the molecule is COc1ccc(OCCOc2ccc3ccccc3c2CCN)c(C(C)(C)C)c1. The van der Waals surface area contributed by atoms with Crippen molar-refractivity contribution in [2.75, 3.05) is 26.9 Å². The summed E-state index contributed by atoms with van der Waals surface area (Å²) in [6.45, 7) is 8.01. The van der Waals surface area contributed by atoms with Gasteiger partial charge < -0.3 is 19.9 Å². The first-order chi connectivity index (χ1) is 13.9. The summed E-state index contributed by atoms with van der Waals surface area (Å²) in [4.78, 5) is 0. The highest BCUT2D eigenvalue weighted by atomic mass is 16.5. The lowest BCUT2D eigenvalue weighted by atomic mass is 9.86. The fraction of sp³-hybridized carbons (Fsp3) is 0.360. The number of benzene rings is 3. The van der Waals surface area contributed by atoms with Gasteiger partial charge in [-0.3, -0.25) is 0 Å². The van der Waals surface area contributed by atoms with Crippen molar-refractivity contribution in [3.8, 4) is 17.2 Å². The van der Waals surface area contributed by atoms with Crippen molar-refractivity contribution in [2.24, 2.45) is 5.73 Å². The van der Waals surface area contributed by atoms with Crippen LogP contribution in [-0.2, 0) is 11.8 Å². The van der Waals surface area contributed by atoms with E-state index in [1.807, 2.05) is 36.4 Å². The number of methoxy groups -OCH3 is 1. The van der Waals surface area contributed by atoms with Gasteiger partial charge >= 0.3 is 0 Å². The van der Waals surface area contributed by atoms with Gasteiger partial charge in [0.25, 0.3) is 0 Å². The first-order valence-corrected chi connectivity index (χ1v) is 10.1. The zero-order valence-corrected chi connectivity index (χ0v) is 17.8. The van der Waals surface area contributed by atoms with Crippen molar-refractivity contribution < 1.29 is 14.2 Å². The molecule has 29 heavy (non-hydrogen) atoms. The van der Waals surface area contributed by atoms with E-state index in [0.717, 1.165) is 34.8 Å². The van der Waals surface area contributed by atoms with Gasteiger partial charge in [-0.15, -0.1) is 0 Å². The minimum Gasteiger partial charge on any atom is -0.497 e. The molecular formula is C25H31NO3. The summed E-state index contributed by atoms with van der Waals surface area (Å²) in [5.41, 5.74) is 8.07. The molecule has 0 amide bonds. The lowest BCUT2D eigenvalue weighted by Gasteiger charge is -2.23. The average Bonchev–Trinajstić information content (AvgIpc) is 2.71. The normalized spacial score (nSPS) is 11.5. The van der Waals surface area contributed by atoms with Crippen molar-refractivity contribution >= 4 is 10.8 Å². The van der Waals surface area contributed by atoms with Crippen LogP contribution < -0.4 is 19.9 Å². The summed E-state index contributed by atoms with van der Waals surface area (Å²) >= 11 is 0. The molecule has 0 atom stereocenters. The van der Waals surface area contributed by atoms with E-state index in [-0.39, 0.29) is 5.41 Å². The van der Waals surface area contributed by atoms with Crippen molar-refractivity contribution in [2.45, 2.75) is 32.6 Å².